The van der Waals surface area contributed by atoms with Crippen LogP contribution in [0.15, 0.2) is 39.9 Å². The molecule has 2 saturated carbocycles. The van der Waals surface area contributed by atoms with Crippen molar-refractivity contribution in [2.24, 2.45) is 23.7 Å². The van der Waals surface area contributed by atoms with Crippen LogP contribution < -0.4 is 5.32 Å². The van der Waals surface area contributed by atoms with E-state index in [0.29, 0.717) is 5.69 Å². The van der Waals surface area contributed by atoms with Crippen LogP contribution in [-0.2, 0) is 9.59 Å². The van der Waals surface area contributed by atoms with Crippen LogP contribution in [0.4, 0.5) is 5.69 Å². The normalized spacial score (nSPS) is 28.7. The molecule has 0 spiro atoms. The quantitative estimate of drug-likeness (QED) is 0.779. The highest BCUT2D eigenvalue weighted by atomic mass is 79.9. The van der Waals surface area contributed by atoms with Gasteiger partial charge in [-0.25, -0.2) is 0 Å². The van der Waals surface area contributed by atoms with E-state index in [1.807, 2.05) is 38.1 Å². The number of halogens is 1. The summed E-state index contributed by atoms with van der Waals surface area (Å²) in [4.78, 5) is 24.6. The fourth-order valence-electron chi connectivity index (χ4n) is 4.40. The number of allylic oxidation sites excluding steroid dienone is 2. The lowest BCUT2D eigenvalue weighted by atomic mass is 9.78. The van der Waals surface area contributed by atoms with Gasteiger partial charge in [-0.05, 0) is 56.7 Å². The summed E-state index contributed by atoms with van der Waals surface area (Å²) < 4.78 is 0.878. The average molecular weight is 378 g/mol. The molecule has 2 aliphatic carbocycles. The smallest absolute Gasteiger partial charge is 0.307 e. The van der Waals surface area contributed by atoms with Crippen molar-refractivity contribution in [2.75, 3.05) is 5.32 Å². The van der Waals surface area contributed by atoms with Crippen LogP contribution in [0.2, 0.25) is 0 Å². The monoisotopic (exact) mass is 377 g/mol. The van der Waals surface area contributed by atoms with Crippen LogP contribution in [-0.4, -0.2) is 17.0 Å². The maximum atomic E-state index is 12.8. The van der Waals surface area contributed by atoms with Gasteiger partial charge in [0.05, 0.1) is 11.8 Å². The highest BCUT2D eigenvalue weighted by Crippen LogP contribution is 2.57. The molecular weight excluding hydrogens is 358 g/mol. The van der Waals surface area contributed by atoms with E-state index in [2.05, 4.69) is 21.2 Å². The number of nitrogens with one attached hydrogen (secondary N) is 1. The summed E-state index contributed by atoms with van der Waals surface area (Å²) in [5, 5.41) is 12.6. The first kappa shape index (κ1) is 16.2. The number of aliphatic carboxylic acids is 1. The lowest BCUT2D eigenvalue weighted by Crippen LogP contribution is -2.37. The van der Waals surface area contributed by atoms with Crippen LogP contribution in [0, 0.1) is 23.7 Å². The molecular formula is C18H20BrNO3. The number of carboxylic acid groups (broad SMARTS) is 1. The summed E-state index contributed by atoms with van der Waals surface area (Å²) in [6.07, 6.45) is 1.79. The van der Waals surface area contributed by atoms with E-state index in [9.17, 15) is 14.7 Å². The number of rotatable bonds is 3. The van der Waals surface area contributed by atoms with Crippen molar-refractivity contribution in [1.29, 1.82) is 0 Å². The van der Waals surface area contributed by atoms with E-state index in [4.69, 9.17) is 0 Å². The molecule has 0 saturated heterocycles. The number of carbonyl (C=O) groups is 2. The van der Waals surface area contributed by atoms with E-state index in [0.717, 1.165) is 17.3 Å². The minimum atomic E-state index is -0.856. The molecule has 0 aromatic heterocycles. The Morgan fingerprint density at radius 2 is 1.83 bits per heavy atom. The van der Waals surface area contributed by atoms with Gasteiger partial charge in [-0.2, -0.15) is 0 Å². The second kappa shape index (κ2) is 6.11. The Hall–Kier alpha value is -1.62. The van der Waals surface area contributed by atoms with Crippen molar-refractivity contribution in [2.45, 2.75) is 26.7 Å². The van der Waals surface area contributed by atoms with E-state index < -0.39 is 17.8 Å². The summed E-state index contributed by atoms with van der Waals surface area (Å²) in [5.74, 6) is -2.04. The molecule has 2 bridgehead atoms. The lowest BCUT2D eigenvalue weighted by Gasteiger charge is -2.26. The number of hydrogen-bond acceptors (Lipinski definition) is 2. The van der Waals surface area contributed by atoms with Crippen molar-refractivity contribution in [3.8, 4) is 0 Å². The summed E-state index contributed by atoms with van der Waals surface area (Å²) in [7, 11) is 0. The third kappa shape index (κ3) is 2.82. The van der Waals surface area contributed by atoms with E-state index in [1.165, 1.54) is 11.1 Å². The van der Waals surface area contributed by atoms with Crippen molar-refractivity contribution >= 4 is 33.5 Å². The summed E-state index contributed by atoms with van der Waals surface area (Å²) in [5.41, 5.74) is 3.06. The van der Waals surface area contributed by atoms with Crippen molar-refractivity contribution in [3.63, 3.8) is 0 Å². The van der Waals surface area contributed by atoms with Crippen molar-refractivity contribution < 1.29 is 14.7 Å². The van der Waals surface area contributed by atoms with Gasteiger partial charge in [0.2, 0.25) is 5.91 Å². The largest absolute Gasteiger partial charge is 0.481 e. The molecule has 122 valence electrons. The highest BCUT2D eigenvalue weighted by Gasteiger charge is 2.57. The first-order valence-electron chi connectivity index (χ1n) is 7.86. The number of fused-ring (bicyclic) bond motifs is 2. The fraction of sp³-hybridized carbons (Fsp3) is 0.444. The molecule has 1 amide bonds. The number of hydrogen-bond donors (Lipinski definition) is 2. The number of anilines is 1. The molecule has 2 fully saturated rings. The van der Waals surface area contributed by atoms with Crippen LogP contribution in [0.3, 0.4) is 0 Å². The number of benzene rings is 1. The average Bonchev–Trinajstić information content (AvgIpc) is 3.02. The molecule has 4 atom stereocenters. The van der Waals surface area contributed by atoms with E-state index >= 15 is 0 Å². The molecule has 0 aliphatic heterocycles. The molecule has 1 aromatic carbocycles. The van der Waals surface area contributed by atoms with Gasteiger partial charge < -0.3 is 10.4 Å². The third-order valence-corrected chi connectivity index (χ3v) is 5.59. The standard InChI is InChI=1S/C18H20BrNO3/c1-9(2)14-12-6-7-13(14)16(18(22)23)15(12)17(21)20-11-5-3-4-10(19)8-11/h3-5,8,12-13,15-16H,6-7H2,1-2H3,(H,20,21)(H,22,23)/t12-,13-,15+,16+/m0/s1. The van der Waals surface area contributed by atoms with Gasteiger partial charge in [0.15, 0.2) is 0 Å². The van der Waals surface area contributed by atoms with Gasteiger partial charge in [0.25, 0.3) is 0 Å². The number of carboxylic acids is 1. The zero-order valence-electron chi connectivity index (χ0n) is 13.2. The minimum Gasteiger partial charge on any atom is -0.481 e. The minimum absolute atomic E-state index is 0.0146. The predicted molar refractivity (Wildman–Crippen MR) is 92.0 cm³/mol. The maximum absolute atomic E-state index is 12.8. The Morgan fingerprint density at radius 1 is 1.17 bits per heavy atom. The first-order valence-corrected chi connectivity index (χ1v) is 8.66. The molecule has 0 unspecified atom stereocenters. The lowest BCUT2D eigenvalue weighted by molar-refractivity contribution is -0.148. The van der Waals surface area contributed by atoms with E-state index in [1.54, 1.807) is 0 Å². The fourth-order valence-corrected chi connectivity index (χ4v) is 4.80. The Kier molecular flexibility index (Phi) is 4.32. The van der Waals surface area contributed by atoms with Gasteiger partial charge in [0, 0.05) is 10.2 Å². The summed E-state index contributed by atoms with van der Waals surface area (Å²) >= 11 is 3.38. The molecule has 5 heteroatoms. The highest BCUT2D eigenvalue weighted by molar-refractivity contribution is 9.10. The van der Waals surface area contributed by atoms with Gasteiger partial charge in [-0.3, -0.25) is 9.59 Å². The van der Waals surface area contributed by atoms with Crippen molar-refractivity contribution in [1.82, 2.24) is 0 Å². The molecule has 23 heavy (non-hydrogen) atoms. The van der Waals surface area contributed by atoms with E-state index in [-0.39, 0.29) is 17.7 Å². The molecule has 3 rings (SSSR count). The second-order valence-corrected chi connectivity index (χ2v) is 7.55. The molecule has 0 heterocycles. The van der Waals surface area contributed by atoms with Crippen LogP contribution in [0.25, 0.3) is 0 Å². The van der Waals surface area contributed by atoms with Gasteiger partial charge >= 0.3 is 5.97 Å². The summed E-state index contributed by atoms with van der Waals surface area (Å²) in [6.45, 7) is 4.04. The van der Waals surface area contributed by atoms with Gasteiger partial charge in [-0.15, -0.1) is 0 Å². The molecule has 1 aromatic rings. The Morgan fingerprint density at radius 3 is 2.39 bits per heavy atom. The Bertz CT molecular complexity index is 693. The Labute approximate surface area is 144 Å². The van der Waals surface area contributed by atoms with Gasteiger partial charge in [-0.1, -0.05) is 33.1 Å². The van der Waals surface area contributed by atoms with Gasteiger partial charge in [0.1, 0.15) is 0 Å². The van der Waals surface area contributed by atoms with Crippen LogP contribution in [0.1, 0.15) is 26.7 Å². The maximum Gasteiger partial charge on any atom is 0.307 e. The molecule has 0 radical (unpaired) electrons. The zero-order valence-corrected chi connectivity index (χ0v) is 14.8. The topological polar surface area (TPSA) is 66.4 Å². The second-order valence-electron chi connectivity index (χ2n) is 6.64. The third-order valence-electron chi connectivity index (χ3n) is 5.10. The zero-order chi connectivity index (χ0) is 16.7. The Balaban J connectivity index is 1.90. The SMILES string of the molecule is CC(C)=C1[C@@H]2CC[C@@H]1[C@@H](C(=O)Nc1cccc(Br)c1)[C@@H]2C(=O)O. The van der Waals surface area contributed by atoms with Crippen LogP contribution >= 0.6 is 15.9 Å². The first-order chi connectivity index (χ1) is 10.9. The predicted octanol–water partition coefficient (Wildman–Crippen LogP) is 4.08. The summed E-state index contributed by atoms with van der Waals surface area (Å²) in [6, 6.07) is 7.36. The van der Waals surface area contributed by atoms with Crippen LogP contribution in [0.5, 0.6) is 0 Å². The number of amides is 1. The van der Waals surface area contributed by atoms with Crippen molar-refractivity contribution in [3.05, 3.63) is 39.9 Å². The number of carbonyl (C=O) groups excluding carboxylic acids is 1. The molecule has 2 aliphatic rings. The molecule has 4 nitrogen and oxygen atoms in total. The molecule has 2 N–H and O–H groups in total.